The van der Waals surface area contributed by atoms with E-state index in [4.69, 9.17) is 22.1 Å². The van der Waals surface area contributed by atoms with Gasteiger partial charge in [0.15, 0.2) is 9.84 Å². The highest BCUT2D eigenvalue weighted by Crippen LogP contribution is 2.34. The summed E-state index contributed by atoms with van der Waals surface area (Å²) < 4.78 is 28.9. The first-order valence-corrected chi connectivity index (χ1v) is 10.7. The average Bonchev–Trinajstić information content (AvgIpc) is 2.61. The number of nitrogen functional groups attached to an aromatic ring is 1. The van der Waals surface area contributed by atoms with Crippen molar-refractivity contribution < 1.29 is 13.2 Å². The molecule has 1 aliphatic rings. The quantitative estimate of drug-likeness (QED) is 0.811. The average molecular weight is 412 g/mol. The second kappa shape index (κ2) is 7.21. The number of nitrogens with zero attached hydrogens (tertiary/aromatic N) is 4. The number of anilines is 2. The van der Waals surface area contributed by atoms with E-state index < -0.39 is 14.6 Å². The van der Waals surface area contributed by atoms with Crippen molar-refractivity contribution in [1.82, 2.24) is 15.0 Å². The van der Waals surface area contributed by atoms with Crippen molar-refractivity contribution in [3.05, 3.63) is 29.0 Å². The summed E-state index contributed by atoms with van der Waals surface area (Å²) >= 11 is 6.33. The molecule has 0 aliphatic carbocycles. The summed E-state index contributed by atoms with van der Waals surface area (Å²) in [4.78, 5) is 15.2. The molecule has 2 aromatic rings. The van der Waals surface area contributed by atoms with E-state index in [1.54, 1.807) is 19.9 Å². The third-order valence-corrected chi connectivity index (χ3v) is 7.08. The molecule has 0 saturated carbocycles. The monoisotopic (exact) mass is 411 g/mol. The smallest absolute Gasteiger partial charge is 0.226 e. The van der Waals surface area contributed by atoms with Crippen molar-refractivity contribution in [2.75, 3.05) is 43.2 Å². The lowest BCUT2D eigenvalue weighted by atomic mass is 10.1. The number of hydrogen-bond donors (Lipinski definition) is 1. The van der Waals surface area contributed by atoms with Gasteiger partial charge < -0.3 is 15.4 Å². The summed E-state index contributed by atoms with van der Waals surface area (Å²) in [6.07, 6.45) is 2.72. The van der Waals surface area contributed by atoms with Gasteiger partial charge in [0, 0.05) is 31.1 Å². The molecule has 0 atom stereocenters. The van der Waals surface area contributed by atoms with Gasteiger partial charge in [-0.2, -0.15) is 0 Å². The minimum atomic E-state index is -3.42. The van der Waals surface area contributed by atoms with Gasteiger partial charge >= 0.3 is 0 Å². The topological polar surface area (TPSA) is 111 Å². The molecule has 3 rings (SSSR count). The lowest BCUT2D eigenvalue weighted by molar-refractivity contribution is 0.122. The second-order valence-corrected chi connectivity index (χ2v) is 9.88. The van der Waals surface area contributed by atoms with Crippen molar-refractivity contribution in [3.8, 4) is 11.3 Å². The molecule has 3 heterocycles. The van der Waals surface area contributed by atoms with Crippen LogP contribution in [0.1, 0.15) is 19.5 Å². The number of rotatable bonds is 4. The number of pyridine rings is 1. The second-order valence-electron chi connectivity index (χ2n) is 6.91. The first-order chi connectivity index (χ1) is 12.6. The van der Waals surface area contributed by atoms with Crippen LogP contribution in [-0.4, -0.2) is 55.9 Å². The Kier molecular flexibility index (Phi) is 5.29. The highest BCUT2D eigenvalue weighted by Gasteiger charge is 2.35. The van der Waals surface area contributed by atoms with E-state index >= 15 is 0 Å². The van der Waals surface area contributed by atoms with Gasteiger partial charge in [0.2, 0.25) is 5.95 Å². The molecule has 0 unspecified atom stereocenters. The first-order valence-electron chi connectivity index (χ1n) is 8.43. The Morgan fingerprint density at radius 1 is 1.22 bits per heavy atom. The van der Waals surface area contributed by atoms with Gasteiger partial charge in [0.1, 0.15) is 10.6 Å². The zero-order valence-corrected chi connectivity index (χ0v) is 17.0. The summed E-state index contributed by atoms with van der Waals surface area (Å²) in [6.45, 7) is 5.61. The van der Waals surface area contributed by atoms with Gasteiger partial charge in [-0.25, -0.2) is 23.4 Å². The van der Waals surface area contributed by atoms with Gasteiger partial charge in [-0.3, -0.25) is 0 Å². The van der Waals surface area contributed by atoms with E-state index in [0.717, 1.165) is 0 Å². The Morgan fingerprint density at radius 2 is 1.89 bits per heavy atom. The maximum absolute atomic E-state index is 12.4. The third-order valence-electron chi connectivity index (χ3n) is 4.70. The molecule has 2 N–H and O–H groups in total. The van der Waals surface area contributed by atoms with Crippen LogP contribution in [-0.2, 0) is 19.3 Å². The highest BCUT2D eigenvalue weighted by molar-refractivity contribution is 7.91. The SMILES string of the molecule is CC(C)(c1cc(-c2cnc(N)cc2Cl)nc(N2CCOCC2)n1)S(C)(=O)=O. The Bertz CT molecular complexity index is 959. The molecule has 1 aliphatic heterocycles. The fraction of sp³-hybridized carbons (Fsp3) is 0.471. The summed E-state index contributed by atoms with van der Waals surface area (Å²) in [6, 6.07) is 3.18. The Hall–Kier alpha value is -1.97. The molecular weight excluding hydrogens is 390 g/mol. The van der Waals surface area contributed by atoms with Crippen molar-refractivity contribution in [2.45, 2.75) is 18.6 Å². The predicted octanol–water partition coefficient (Wildman–Crippen LogP) is 1.89. The molecule has 0 bridgehead atoms. The molecule has 8 nitrogen and oxygen atoms in total. The third kappa shape index (κ3) is 3.99. The standard InChI is InChI=1S/C17H22ClN5O3S/c1-17(2,27(3,24)25)14-9-13(11-10-20-15(19)8-12(11)18)21-16(22-14)23-4-6-26-7-5-23/h8-10H,4-7H2,1-3H3,(H2,19,20). The molecule has 2 aromatic heterocycles. The van der Waals surface area contributed by atoms with Crippen molar-refractivity contribution in [3.63, 3.8) is 0 Å². The summed E-state index contributed by atoms with van der Waals surface area (Å²) in [7, 11) is -3.42. The van der Waals surface area contributed by atoms with Crippen LogP contribution < -0.4 is 10.6 Å². The van der Waals surface area contributed by atoms with Crippen LogP contribution in [0.25, 0.3) is 11.3 Å². The van der Waals surface area contributed by atoms with E-state index in [1.165, 1.54) is 18.5 Å². The zero-order chi connectivity index (χ0) is 19.8. The van der Waals surface area contributed by atoms with Gasteiger partial charge in [-0.1, -0.05) is 11.6 Å². The number of morpholine rings is 1. The maximum Gasteiger partial charge on any atom is 0.226 e. The molecule has 146 valence electrons. The van der Waals surface area contributed by atoms with Crippen LogP contribution in [0.3, 0.4) is 0 Å². The van der Waals surface area contributed by atoms with E-state index in [2.05, 4.69) is 15.0 Å². The van der Waals surface area contributed by atoms with Gasteiger partial charge in [0.25, 0.3) is 0 Å². The number of halogens is 1. The largest absolute Gasteiger partial charge is 0.384 e. The molecule has 0 aromatic carbocycles. The number of hydrogen-bond acceptors (Lipinski definition) is 8. The maximum atomic E-state index is 12.4. The van der Waals surface area contributed by atoms with E-state index in [-0.39, 0.29) is 0 Å². The molecule has 0 radical (unpaired) electrons. The number of aromatic nitrogens is 3. The van der Waals surface area contributed by atoms with Crippen LogP contribution in [0.4, 0.5) is 11.8 Å². The molecule has 10 heteroatoms. The van der Waals surface area contributed by atoms with Crippen molar-refractivity contribution >= 4 is 33.2 Å². The fourth-order valence-electron chi connectivity index (χ4n) is 2.61. The predicted molar refractivity (Wildman–Crippen MR) is 106 cm³/mol. The lowest BCUT2D eigenvalue weighted by Crippen LogP contribution is -2.38. The van der Waals surface area contributed by atoms with Gasteiger partial charge in [0.05, 0.1) is 29.6 Å². The highest BCUT2D eigenvalue weighted by atomic mass is 35.5. The Balaban J connectivity index is 2.19. The minimum Gasteiger partial charge on any atom is -0.384 e. The molecule has 1 saturated heterocycles. The molecule has 0 spiro atoms. The molecule has 1 fully saturated rings. The van der Waals surface area contributed by atoms with Crippen molar-refractivity contribution in [1.29, 1.82) is 0 Å². The fourth-order valence-corrected chi connectivity index (χ4v) is 3.35. The zero-order valence-electron chi connectivity index (χ0n) is 15.4. The van der Waals surface area contributed by atoms with Crippen LogP contribution in [0.2, 0.25) is 5.02 Å². The van der Waals surface area contributed by atoms with E-state index in [1.807, 2.05) is 4.90 Å². The van der Waals surface area contributed by atoms with Gasteiger partial charge in [-0.05, 0) is 26.0 Å². The van der Waals surface area contributed by atoms with Crippen LogP contribution >= 0.6 is 11.6 Å². The van der Waals surface area contributed by atoms with Crippen LogP contribution in [0.15, 0.2) is 18.3 Å². The summed E-state index contributed by atoms with van der Waals surface area (Å²) in [5, 5.41) is 0.386. The van der Waals surface area contributed by atoms with Crippen LogP contribution in [0.5, 0.6) is 0 Å². The number of sulfone groups is 1. The normalized spacial score (nSPS) is 15.8. The van der Waals surface area contributed by atoms with Gasteiger partial charge in [-0.15, -0.1) is 0 Å². The number of ether oxygens (including phenoxy) is 1. The Morgan fingerprint density at radius 3 is 2.48 bits per heavy atom. The van der Waals surface area contributed by atoms with Crippen LogP contribution in [0, 0.1) is 0 Å². The molecule has 27 heavy (non-hydrogen) atoms. The van der Waals surface area contributed by atoms with E-state index in [0.29, 0.717) is 60.0 Å². The summed E-state index contributed by atoms with van der Waals surface area (Å²) in [5.41, 5.74) is 7.13. The molecule has 0 amide bonds. The van der Waals surface area contributed by atoms with Crippen molar-refractivity contribution in [2.24, 2.45) is 0 Å². The first kappa shape index (κ1) is 19.8. The van der Waals surface area contributed by atoms with E-state index in [9.17, 15) is 8.42 Å². The summed E-state index contributed by atoms with van der Waals surface area (Å²) in [5.74, 6) is 0.735. The number of nitrogens with two attached hydrogens (primary N) is 1. The lowest BCUT2D eigenvalue weighted by Gasteiger charge is -2.29. The minimum absolute atomic E-state index is 0.294. The molecular formula is C17H22ClN5O3S. The Labute approximate surface area is 163 Å².